The molecular weight excluding hydrogens is 351 g/mol. The Hall–Kier alpha value is -3.23. The molecule has 1 saturated heterocycles. The number of fused-ring (bicyclic) bond motifs is 1. The van der Waals surface area contributed by atoms with E-state index in [0.717, 1.165) is 0 Å². The topological polar surface area (TPSA) is 78.6 Å². The van der Waals surface area contributed by atoms with Gasteiger partial charge in [0.15, 0.2) is 0 Å². The van der Waals surface area contributed by atoms with Gasteiger partial charge in [-0.05, 0) is 31.0 Å². The zero-order valence-corrected chi connectivity index (χ0v) is 14.7. The number of hydrogen-bond donors (Lipinski definition) is 0. The highest BCUT2D eigenvalue weighted by Crippen LogP contribution is 2.36. The number of rotatable bonds is 3. The molecule has 0 atom stereocenters. The van der Waals surface area contributed by atoms with Crippen molar-refractivity contribution in [1.82, 2.24) is 9.97 Å². The summed E-state index contributed by atoms with van der Waals surface area (Å²) in [6.07, 6.45) is 3.83. The highest BCUT2D eigenvalue weighted by atomic mass is 19.1. The molecule has 140 valence electrons. The second-order valence-corrected chi connectivity index (χ2v) is 6.50. The summed E-state index contributed by atoms with van der Waals surface area (Å²) in [4.78, 5) is 23.6. The number of nitrogens with zero attached hydrogens (tertiary/aromatic N) is 6. The first-order chi connectivity index (χ1) is 13.9. The predicted molar refractivity (Wildman–Crippen MR) is 100 cm³/mol. The molecule has 1 fully saturated rings. The molecule has 1 aromatic heterocycles. The number of hydrogen-bond acceptors (Lipinski definition) is 7. The fourth-order valence-corrected chi connectivity index (χ4v) is 3.40. The summed E-state index contributed by atoms with van der Waals surface area (Å²) in [6.45, 7) is 1.21. The van der Waals surface area contributed by atoms with Crippen LogP contribution in [0.3, 0.4) is 0 Å². The summed E-state index contributed by atoms with van der Waals surface area (Å²) in [5.41, 5.74) is 1.11. The van der Waals surface area contributed by atoms with Gasteiger partial charge in [0.1, 0.15) is 18.2 Å². The van der Waals surface area contributed by atoms with E-state index in [0.29, 0.717) is 43.3 Å². The summed E-state index contributed by atoms with van der Waals surface area (Å²) in [6, 6.07) is 4.36. The van der Waals surface area contributed by atoms with E-state index in [-0.39, 0.29) is 29.9 Å². The van der Waals surface area contributed by atoms with Crippen LogP contribution in [0, 0.1) is 15.9 Å². The zero-order valence-electron chi connectivity index (χ0n) is 16.7. The minimum atomic E-state index is -0.537. The van der Waals surface area contributed by atoms with E-state index in [2.05, 4.69) is 9.97 Å². The first-order valence-electron chi connectivity index (χ1n) is 9.58. The Kier molecular flexibility index (Phi) is 3.76. The van der Waals surface area contributed by atoms with E-state index < -0.39 is 4.92 Å². The highest BCUT2D eigenvalue weighted by Gasteiger charge is 2.28. The Morgan fingerprint density at radius 2 is 1.93 bits per heavy atom. The number of benzene rings is 1. The van der Waals surface area contributed by atoms with Crippen LogP contribution in [0.1, 0.15) is 15.6 Å². The summed E-state index contributed by atoms with van der Waals surface area (Å²) in [5, 5.41) is 10.8. The van der Waals surface area contributed by atoms with Gasteiger partial charge in [-0.25, -0.2) is 14.4 Å². The van der Waals surface area contributed by atoms with Crippen molar-refractivity contribution in [2.24, 2.45) is 0 Å². The second kappa shape index (κ2) is 6.82. The molecule has 27 heavy (non-hydrogen) atoms. The van der Waals surface area contributed by atoms with Crippen molar-refractivity contribution in [2.75, 3.05) is 34.8 Å². The number of anilines is 3. The molecule has 0 aliphatic carbocycles. The van der Waals surface area contributed by atoms with Gasteiger partial charge in [-0.3, -0.25) is 10.1 Å². The lowest BCUT2D eigenvalue weighted by Gasteiger charge is -2.41. The maximum Gasteiger partial charge on any atom is 0.305 e. The minimum Gasteiger partial charge on any atom is -0.348 e. The Morgan fingerprint density at radius 3 is 2.59 bits per heavy atom. The Labute approximate surface area is 158 Å². The van der Waals surface area contributed by atoms with Crippen LogP contribution in [0.4, 0.5) is 27.4 Å². The third kappa shape index (κ3) is 3.27. The van der Waals surface area contributed by atoms with E-state index in [9.17, 15) is 14.5 Å². The number of nitro groups is 1. The molecule has 0 amide bonds. The molecular formula is C18H19FN6O2. The van der Waals surface area contributed by atoms with Gasteiger partial charge in [-0.1, -0.05) is 0 Å². The van der Waals surface area contributed by atoms with Crippen LogP contribution in [-0.2, 0) is 0 Å². The standard InChI is InChI=1S/C18H19FN6O2/c1-22-8-9-24(16-3-2-13(19)10-17(16)22)14-4-6-23(7-5-14)18-20-11-15(12-21-18)25(26)27/h2-3,8-12,14H,4-7H2,1H3/i8D,9D. The maximum absolute atomic E-state index is 13.7. The molecule has 3 heterocycles. The molecule has 2 aliphatic heterocycles. The minimum absolute atomic E-state index is 0.0178. The molecule has 2 aliphatic rings. The molecule has 8 nitrogen and oxygen atoms in total. The van der Waals surface area contributed by atoms with Gasteiger partial charge < -0.3 is 14.7 Å². The van der Waals surface area contributed by atoms with Gasteiger partial charge in [0.2, 0.25) is 5.95 Å². The number of halogens is 1. The zero-order chi connectivity index (χ0) is 20.7. The summed E-state index contributed by atoms with van der Waals surface area (Å²) >= 11 is 0. The maximum atomic E-state index is 13.7. The van der Waals surface area contributed by atoms with E-state index in [1.807, 2.05) is 4.90 Å². The number of aromatic nitrogens is 2. The van der Waals surface area contributed by atoms with Gasteiger partial charge in [-0.2, -0.15) is 0 Å². The molecule has 4 rings (SSSR count). The summed E-state index contributed by atoms with van der Waals surface area (Å²) in [5.74, 6) is 0.0413. The first-order valence-corrected chi connectivity index (χ1v) is 8.58. The van der Waals surface area contributed by atoms with Crippen LogP contribution in [0.2, 0.25) is 0 Å². The summed E-state index contributed by atoms with van der Waals surface area (Å²) in [7, 11) is 1.65. The molecule has 0 bridgehead atoms. The van der Waals surface area contributed by atoms with Crippen molar-refractivity contribution in [1.29, 1.82) is 0 Å². The second-order valence-electron chi connectivity index (χ2n) is 6.50. The predicted octanol–water partition coefficient (Wildman–Crippen LogP) is 2.92. The molecule has 0 saturated carbocycles. The van der Waals surface area contributed by atoms with Crippen molar-refractivity contribution in [3.63, 3.8) is 0 Å². The van der Waals surface area contributed by atoms with Gasteiger partial charge in [0.25, 0.3) is 0 Å². The van der Waals surface area contributed by atoms with Crippen LogP contribution < -0.4 is 14.7 Å². The molecule has 0 spiro atoms. The molecule has 0 N–H and O–H groups in total. The lowest BCUT2D eigenvalue weighted by atomic mass is 10.0. The fourth-order valence-electron chi connectivity index (χ4n) is 3.40. The first kappa shape index (κ1) is 14.9. The Balaban J connectivity index is 1.54. The average molecular weight is 372 g/mol. The Morgan fingerprint density at radius 1 is 1.22 bits per heavy atom. The summed E-state index contributed by atoms with van der Waals surface area (Å²) < 4.78 is 30.4. The molecule has 0 radical (unpaired) electrons. The van der Waals surface area contributed by atoms with Gasteiger partial charge in [0.05, 0.1) is 19.0 Å². The van der Waals surface area contributed by atoms with Crippen molar-refractivity contribution < 1.29 is 12.1 Å². The van der Waals surface area contributed by atoms with E-state index in [4.69, 9.17) is 2.74 Å². The molecule has 1 aromatic carbocycles. The lowest BCUT2D eigenvalue weighted by Crippen LogP contribution is -2.44. The molecule has 0 unspecified atom stereocenters. The van der Waals surface area contributed by atoms with Crippen LogP contribution in [0.5, 0.6) is 0 Å². The van der Waals surface area contributed by atoms with E-state index in [1.165, 1.54) is 29.4 Å². The largest absolute Gasteiger partial charge is 0.348 e. The SMILES string of the molecule is [2H]C1=C([2H])N(C2CCN(c3ncc([N+](=O)[O-])cn3)CC2)c2ccc(F)cc2N1C. The van der Waals surface area contributed by atoms with E-state index in [1.54, 1.807) is 18.0 Å². The van der Waals surface area contributed by atoms with Crippen LogP contribution in [0.15, 0.2) is 42.9 Å². The average Bonchev–Trinajstić information content (AvgIpc) is 2.73. The van der Waals surface area contributed by atoms with Crippen molar-refractivity contribution in [2.45, 2.75) is 18.9 Å². The van der Waals surface area contributed by atoms with Crippen molar-refractivity contribution >= 4 is 23.0 Å². The van der Waals surface area contributed by atoms with Crippen molar-refractivity contribution in [3.8, 4) is 0 Å². The lowest BCUT2D eigenvalue weighted by molar-refractivity contribution is -0.385. The van der Waals surface area contributed by atoms with Crippen LogP contribution in [-0.4, -0.2) is 41.1 Å². The Bertz CT molecular complexity index is 979. The third-order valence-corrected chi connectivity index (χ3v) is 4.84. The van der Waals surface area contributed by atoms with Crippen LogP contribution in [0.25, 0.3) is 0 Å². The van der Waals surface area contributed by atoms with Gasteiger partial charge in [0, 0.05) is 38.5 Å². The monoisotopic (exact) mass is 372 g/mol. The fraction of sp³-hybridized carbons (Fsp3) is 0.333. The molecule has 9 heteroatoms. The smallest absolute Gasteiger partial charge is 0.305 e. The third-order valence-electron chi connectivity index (χ3n) is 4.84. The highest BCUT2D eigenvalue weighted by molar-refractivity contribution is 5.76. The molecule has 2 aromatic rings. The van der Waals surface area contributed by atoms with Gasteiger partial charge in [-0.15, -0.1) is 0 Å². The van der Waals surface area contributed by atoms with Gasteiger partial charge >= 0.3 is 5.69 Å². The van der Waals surface area contributed by atoms with E-state index >= 15 is 0 Å². The normalized spacial score (nSPS) is 19.0. The quantitative estimate of drug-likeness (QED) is 0.605. The van der Waals surface area contributed by atoms with Crippen molar-refractivity contribution in [3.05, 3.63) is 58.9 Å². The number of piperidine rings is 1. The van der Waals surface area contributed by atoms with Crippen LogP contribution >= 0.6 is 0 Å².